The quantitative estimate of drug-likeness (QED) is 0.116. The number of ether oxygens (including phenoxy) is 2. The average molecular weight is 558 g/mol. The zero-order valence-corrected chi connectivity index (χ0v) is 21.8. The van der Waals surface area contributed by atoms with Gasteiger partial charge < -0.3 is 35.8 Å². The van der Waals surface area contributed by atoms with Crippen molar-refractivity contribution in [3.8, 4) is 5.75 Å². The molecule has 204 valence electrons. The smallest absolute Gasteiger partial charge is 0.328 e. The van der Waals surface area contributed by atoms with Crippen molar-refractivity contribution >= 4 is 40.8 Å². The minimum Gasteiger partial charge on any atom is -0.490 e. The molecule has 37 heavy (non-hydrogen) atoms. The fourth-order valence-corrected chi connectivity index (χ4v) is 3.36. The Morgan fingerprint density at radius 3 is 2.27 bits per heavy atom. The van der Waals surface area contributed by atoms with E-state index in [0.717, 1.165) is 44.6 Å². The lowest BCUT2D eigenvalue weighted by atomic mass is 10.1. The van der Waals surface area contributed by atoms with Crippen molar-refractivity contribution in [3.63, 3.8) is 0 Å². The second-order valence-corrected chi connectivity index (χ2v) is 8.51. The van der Waals surface area contributed by atoms with E-state index in [1.807, 2.05) is 12.1 Å². The number of nitrogens with two attached hydrogens (primary N) is 1. The fraction of sp³-hybridized carbons (Fsp3) is 0.400. The van der Waals surface area contributed by atoms with Crippen LogP contribution in [0.15, 0.2) is 48.8 Å². The zero-order chi connectivity index (χ0) is 27.5. The lowest BCUT2D eigenvalue weighted by Crippen LogP contribution is -2.22. The minimum absolute atomic E-state index is 0.335. The Labute approximate surface area is 226 Å². The maximum Gasteiger partial charge on any atom is 0.328 e. The van der Waals surface area contributed by atoms with Crippen LogP contribution in [0.5, 0.6) is 5.75 Å². The summed E-state index contributed by atoms with van der Waals surface area (Å²) >= 11 is 12.0. The molecule has 2 aromatic rings. The molecule has 0 aliphatic rings. The van der Waals surface area contributed by atoms with Crippen LogP contribution in [0.1, 0.15) is 37.4 Å². The van der Waals surface area contributed by atoms with E-state index in [2.05, 4.69) is 10.3 Å². The largest absolute Gasteiger partial charge is 0.490 e. The van der Waals surface area contributed by atoms with Crippen LogP contribution in [0.3, 0.4) is 0 Å². The Kier molecular flexibility index (Phi) is 16.7. The van der Waals surface area contributed by atoms with Crippen LogP contribution >= 0.6 is 23.2 Å². The number of aliphatic carboxylic acids is 2. The van der Waals surface area contributed by atoms with Gasteiger partial charge in [-0.25, -0.2) is 9.59 Å². The molecule has 10 nitrogen and oxygen atoms in total. The second-order valence-electron chi connectivity index (χ2n) is 7.69. The third-order valence-electron chi connectivity index (χ3n) is 4.72. The van der Waals surface area contributed by atoms with E-state index in [1.165, 1.54) is 0 Å². The number of carboxylic acid groups (broad SMARTS) is 2. The van der Waals surface area contributed by atoms with Crippen LogP contribution in [-0.2, 0) is 14.3 Å². The van der Waals surface area contributed by atoms with Gasteiger partial charge in [0.05, 0.1) is 34.6 Å². The third kappa shape index (κ3) is 15.7. The van der Waals surface area contributed by atoms with E-state index >= 15 is 0 Å². The predicted molar refractivity (Wildman–Crippen MR) is 142 cm³/mol. The Hall–Kier alpha value is -2.89. The van der Waals surface area contributed by atoms with Crippen LogP contribution < -0.4 is 15.8 Å². The number of carbonyl (C=O) groups is 2. The molecule has 1 aromatic heterocycles. The molecule has 0 aliphatic carbocycles. The van der Waals surface area contributed by atoms with Gasteiger partial charge in [-0.3, -0.25) is 4.98 Å². The molecule has 0 aliphatic heterocycles. The van der Waals surface area contributed by atoms with Gasteiger partial charge in [-0.2, -0.15) is 0 Å². The van der Waals surface area contributed by atoms with Gasteiger partial charge in [0.25, 0.3) is 0 Å². The van der Waals surface area contributed by atoms with E-state index in [0.29, 0.717) is 53.2 Å². The summed E-state index contributed by atoms with van der Waals surface area (Å²) in [6, 6.07) is 7.02. The number of pyridine rings is 1. The molecule has 0 fully saturated rings. The van der Waals surface area contributed by atoms with Gasteiger partial charge in [-0.1, -0.05) is 36.0 Å². The topological polar surface area (TPSA) is 164 Å². The lowest BCUT2D eigenvalue weighted by molar-refractivity contribution is -0.134. The van der Waals surface area contributed by atoms with E-state index in [9.17, 15) is 14.7 Å². The normalized spacial score (nSPS) is 11.5. The fourth-order valence-electron chi connectivity index (χ4n) is 2.86. The molecule has 0 spiro atoms. The molecule has 1 heterocycles. The Morgan fingerprint density at radius 1 is 1.03 bits per heavy atom. The van der Waals surface area contributed by atoms with Gasteiger partial charge in [0.2, 0.25) is 0 Å². The number of unbranched alkanes of at least 4 members (excludes halogenated alkanes) is 3. The molecular formula is C25H33Cl2N3O7. The highest BCUT2D eigenvalue weighted by Crippen LogP contribution is 2.31. The van der Waals surface area contributed by atoms with E-state index in [1.54, 1.807) is 24.5 Å². The number of nitrogens with one attached hydrogen (secondary N) is 1. The molecule has 1 unspecified atom stereocenters. The highest BCUT2D eigenvalue weighted by atomic mass is 35.5. The van der Waals surface area contributed by atoms with Crippen molar-refractivity contribution in [1.82, 2.24) is 10.3 Å². The van der Waals surface area contributed by atoms with E-state index < -0.39 is 18.0 Å². The molecule has 0 radical (unpaired) electrons. The van der Waals surface area contributed by atoms with Crippen LogP contribution in [0.4, 0.5) is 5.69 Å². The van der Waals surface area contributed by atoms with Gasteiger partial charge in [-0.15, -0.1) is 0 Å². The van der Waals surface area contributed by atoms with Crippen molar-refractivity contribution < 1.29 is 34.4 Å². The average Bonchev–Trinajstić information content (AvgIpc) is 2.87. The Balaban J connectivity index is 0.000000738. The van der Waals surface area contributed by atoms with Crippen LogP contribution in [0.2, 0.25) is 10.0 Å². The molecule has 0 saturated carbocycles. The summed E-state index contributed by atoms with van der Waals surface area (Å²) in [5.74, 6) is -1.75. The molecule has 0 saturated heterocycles. The summed E-state index contributed by atoms with van der Waals surface area (Å²) in [7, 11) is 0. The van der Waals surface area contributed by atoms with Gasteiger partial charge in [0.1, 0.15) is 12.4 Å². The number of benzene rings is 1. The number of aliphatic hydroxyl groups is 1. The van der Waals surface area contributed by atoms with Gasteiger partial charge in [0, 0.05) is 31.5 Å². The zero-order valence-electron chi connectivity index (χ0n) is 20.3. The summed E-state index contributed by atoms with van der Waals surface area (Å²) in [4.78, 5) is 23.1. The summed E-state index contributed by atoms with van der Waals surface area (Å²) in [5.41, 5.74) is 6.70. The summed E-state index contributed by atoms with van der Waals surface area (Å²) in [5, 5.41) is 29.8. The first kappa shape index (κ1) is 32.1. The minimum atomic E-state index is -1.26. The van der Waals surface area contributed by atoms with Crippen molar-refractivity contribution in [2.75, 3.05) is 38.6 Å². The summed E-state index contributed by atoms with van der Waals surface area (Å²) < 4.78 is 11.1. The number of nitrogen functional groups attached to an aromatic ring is 1. The highest BCUT2D eigenvalue weighted by Gasteiger charge is 2.11. The number of rotatable bonds is 16. The molecule has 1 aromatic carbocycles. The van der Waals surface area contributed by atoms with Gasteiger partial charge >= 0.3 is 11.9 Å². The van der Waals surface area contributed by atoms with Gasteiger partial charge in [0.15, 0.2) is 0 Å². The Bertz CT molecular complexity index is 939. The maximum absolute atomic E-state index is 10.2. The summed E-state index contributed by atoms with van der Waals surface area (Å²) in [6.45, 7) is 3.13. The first-order chi connectivity index (χ1) is 17.7. The molecule has 0 bridgehead atoms. The van der Waals surface area contributed by atoms with Gasteiger partial charge in [-0.05, 0) is 49.2 Å². The molecule has 0 amide bonds. The number of aromatic nitrogens is 1. The van der Waals surface area contributed by atoms with Crippen molar-refractivity contribution in [3.05, 3.63) is 64.4 Å². The summed E-state index contributed by atoms with van der Waals surface area (Å²) in [6.07, 6.45) is 8.13. The molecule has 12 heteroatoms. The molecular weight excluding hydrogens is 525 g/mol. The lowest BCUT2D eigenvalue weighted by Gasteiger charge is -2.14. The standard InChI is InChI=1S/C21H29Cl2N3O3.C4H4O4/c22-18-12-16(13-19(23)21(18)24)20(27)15-26-7-3-1-2-4-9-28-10-11-29-17-6-5-8-25-14-17;5-3(6)1-2-4(7)8/h5-6,8,12-14,20,26-27H,1-4,7,9-11,15,24H2;1-2H,(H,5,6)(H,7,8)/b;2-1+. The number of hydrogen-bond acceptors (Lipinski definition) is 8. The van der Waals surface area contributed by atoms with Crippen LogP contribution in [0.25, 0.3) is 0 Å². The van der Waals surface area contributed by atoms with E-state index in [4.69, 9.17) is 48.6 Å². The predicted octanol–water partition coefficient (Wildman–Crippen LogP) is 3.96. The van der Waals surface area contributed by atoms with Crippen molar-refractivity contribution in [1.29, 1.82) is 0 Å². The van der Waals surface area contributed by atoms with Crippen LogP contribution in [-0.4, -0.2) is 65.2 Å². The first-order valence-electron chi connectivity index (χ1n) is 11.6. The van der Waals surface area contributed by atoms with E-state index in [-0.39, 0.29) is 0 Å². The molecule has 2 rings (SSSR count). The number of nitrogens with zero attached hydrogens (tertiary/aromatic N) is 1. The monoisotopic (exact) mass is 557 g/mol. The van der Waals surface area contributed by atoms with Crippen molar-refractivity contribution in [2.24, 2.45) is 0 Å². The maximum atomic E-state index is 10.2. The second kappa shape index (κ2) is 19.3. The third-order valence-corrected chi connectivity index (χ3v) is 5.34. The Morgan fingerprint density at radius 2 is 1.68 bits per heavy atom. The number of carboxylic acids is 2. The highest BCUT2D eigenvalue weighted by molar-refractivity contribution is 6.38. The molecule has 6 N–H and O–H groups in total. The van der Waals surface area contributed by atoms with Crippen LogP contribution in [0, 0.1) is 0 Å². The number of aliphatic hydroxyl groups excluding tert-OH is 1. The number of anilines is 1. The number of halogens is 2. The molecule has 1 atom stereocenters. The number of hydrogen-bond donors (Lipinski definition) is 5. The first-order valence-corrected chi connectivity index (χ1v) is 12.3. The SMILES string of the molecule is Nc1c(Cl)cc(C(O)CNCCCCCCOCCOc2cccnc2)cc1Cl.O=C(O)/C=C/C(=O)O. The van der Waals surface area contributed by atoms with Crippen molar-refractivity contribution in [2.45, 2.75) is 31.8 Å².